The second-order valence-electron chi connectivity index (χ2n) is 7.62. The first kappa shape index (κ1) is 17.9. The highest BCUT2D eigenvalue weighted by atomic mass is 28.4. The lowest BCUT2D eigenvalue weighted by atomic mass is 10.1. The molecule has 2 aromatic carbocycles. The van der Waals surface area contributed by atoms with Gasteiger partial charge in [-0.3, -0.25) is 4.79 Å². The van der Waals surface area contributed by atoms with Gasteiger partial charge in [0.2, 0.25) is 0 Å². The number of cyclic esters (lactones) is 1. The van der Waals surface area contributed by atoms with E-state index < -0.39 is 8.32 Å². The topological polar surface area (TPSA) is 35.5 Å². The zero-order valence-corrected chi connectivity index (χ0v) is 16.2. The zero-order valence-electron chi connectivity index (χ0n) is 15.2. The summed E-state index contributed by atoms with van der Waals surface area (Å²) in [7, 11) is -2.57. The Morgan fingerprint density at radius 2 is 1.48 bits per heavy atom. The van der Waals surface area contributed by atoms with Gasteiger partial charge in [0.25, 0.3) is 8.32 Å². The number of benzene rings is 2. The van der Waals surface area contributed by atoms with Crippen molar-refractivity contribution in [3.8, 4) is 0 Å². The van der Waals surface area contributed by atoms with Crippen LogP contribution in [-0.2, 0) is 14.0 Å². The molecule has 0 amide bonds. The van der Waals surface area contributed by atoms with Gasteiger partial charge in [0, 0.05) is 6.42 Å². The SMILES string of the molecule is CC(C)(C)[Si](O[C@@H]1CCOC(=O)C1)(c1ccccc1)c1ccccc1. The molecule has 0 saturated carbocycles. The van der Waals surface area contributed by atoms with Gasteiger partial charge in [-0.15, -0.1) is 0 Å². The van der Waals surface area contributed by atoms with Gasteiger partial charge < -0.3 is 9.16 Å². The molecule has 1 aliphatic rings. The number of hydrogen-bond donors (Lipinski definition) is 0. The minimum Gasteiger partial charge on any atom is -0.466 e. The first-order chi connectivity index (χ1) is 11.9. The molecule has 0 N–H and O–H groups in total. The van der Waals surface area contributed by atoms with Crippen LogP contribution in [0.2, 0.25) is 5.04 Å². The van der Waals surface area contributed by atoms with Gasteiger partial charge in [-0.25, -0.2) is 0 Å². The molecular weight excluding hydrogens is 328 g/mol. The number of carbonyl (C=O) groups excluding carboxylic acids is 1. The molecule has 1 aliphatic heterocycles. The van der Waals surface area contributed by atoms with E-state index in [-0.39, 0.29) is 17.1 Å². The first-order valence-electron chi connectivity index (χ1n) is 8.88. The van der Waals surface area contributed by atoms with E-state index in [2.05, 4.69) is 69.3 Å². The highest BCUT2D eigenvalue weighted by molar-refractivity contribution is 6.99. The van der Waals surface area contributed by atoms with E-state index in [1.165, 1.54) is 10.4 Å². The van der Waals surface area contributed by atoms with Gasteiger partial charge in [0.15, 0.2) is 0 Å². The minimum atomic E-state index is -2.57. The fourth-order valence-corrected chi connectivity index (χ4v) is 8.41. The van der Waals surface area contributed by atoms with Gasteiger partial charge in [-0.2, -0.15) is 0 Å². The Hall–Kier alpha value is -1.91. The summed E-state index contributed by atoms with van der Waals surface area (Å²) in [5.41, 5.74) is 0. The predicted octanol–water partition coefficient (Wildman–Crippen LogP) is 3.27. The summed E-state index contributed by atoms with van der Waals surface area (Å²) >= 11 is 0. The van der Waals surface area contributed by atoms with Crippen LogP contribution in [0.3, 0.4) is 0 Å². The maximum Gasteiger partial charge on any atom is 0.308 e. The van der Waals surface area contributed by atoms with Crippen molar-refractivity contribution in [1.82, 2.24) is 0 Å². The second-order valence-corrected chi connectivity index (χ2v) is 11.9. The highest BCUT2D eigenvalue weighted by Gasteiger charge is 2.51. The molecule has 4 heteroatoms. The maximum atomic E-state index is 11.8. The van der Waals surface area contributed by atoms with Crippen molar-refractivity contribution in [1.29, 1.82) is 0 Å². The Morgan fingerprint density at radius 1 is 0.960 bits per heavy atom. The van der Waals surface area contributed by atoms with Crippen molar-refractivity contribution < 1.29 is 14.0 Å². The molecule has 25 heavy (non-hydrogen) atoms. The number of hydrogen-bond acceptors (Lipinski definition) is 3. The van der Waals surface area contributed by atoms with Gasteiger partial charge in [-0.1, -0.05) is 81.4 Å². The van der Waals surface area contributed by atoms with Gasteiger partial charge in [0.05, 0.1) is 19.1 Å². The maximum absolute atomic E-state index is 11.8. The molecule has 1 fully saturated rings. The summed E-state index contributed by atoms with van der Waals surface area (Å²) in [5, 5.41) is 2.41. The lowest BCUT2D eigenvalue weighted by Gasteiger charge is -2.45. The zero-order chi connectivity index (χ0) is 17.9. The van der Waals surface area contributed by atoms with Gasteiger partial charge in [-0.05, 0) is 15.4 Å². The van der Waals surface area contributed by atoms with E-state index in [4.69, 9.17) is 9.16 Å². The second kappa shape index (κ2) is 7.14. The molecule has 0 bridgehead atoms. The van der Waals surface area contributed by atoms with Crippen LogP contribution in [0, 0.1) is 0 Å². The Balaban J connectivity index is 2.13. The number of carbonyl (C=O) groups is 1. The summed E-state index contributed by atoms with van der Waals surface area (Å²) in [5.74, 6) is -0.158. The fourth-order valence-electron chi connectivity index (χ4n) is 3.69. The molecule has 3 rings (SSSR count). The molecular formula is C21H26O3Si. The molecule has 132 valence electrons. The molecule has 2 aromatic rings. The van der Waals surface area contributed by atoms with Crippen LogP contribution in [0.1, 0.15) is 33.6 Å². The van der Waals surface area contributed by atoms with Crippen LogP contribution in [0.15, 0.2) is 60.7 Å². The van der Waals surface area contributed by atoms with Crippen molar-refractivity contribution in [3.05, 3.63) is 60.7 Å². The Kier molecular flexibility index (Phi) is 5.11. The quantitative estimate of drug-likeness (QED) is 0.624. The van der Waals surface area contributed by atoms with Crippen molar-refractivity contribution in [3.63, 3.8) is 0 Å². The average Bonchev–Trinajstić information content (AvgIpc) is 2.60. The number of ether oxygens (including phenoxy) is 1. The average molecular weight is 355 g/mol. The van der Waals surface area contributed by atoms with Crippen LogP contribution in [0.5, 0.6) is 0 Å². The van der Waals surface area contributed by atoms with E-state index in [1.54, 1.807) is 0 Å². The van der Waals surface area contributed by atoms with E-state index in [0.717, 1.165) is 6.42 Å². The lowest BCUT2D eigenvalue weighted by Crippen LogP contribution is -2.68. The summed E-state index contributed by atoms with van der Waals surface area (Å²) in [6.07, 6.45) is 1.01. The largest absolute Gasteiger partial charge is 0.466 e. The van der Waals surface area contributed by atoms with Gasteiger partial charge in [0.1, 0.15) is 0 Å². The normalized spacial score (nSPS) is 18.7. The predicted molar refractivity (Wildman–Crippen MR) is 103 cm³/mol. The summed E-state index contributed by atoms with van der Waals surface area (Å²) < 4.78 is 12.0. The van der Waals surface area contributed by atoms with Crippen LogP contribution in [0.25, 0.3) is 0 Å². The molecule has 0 aromatic heterocycles. The van der Waals surface area contributed by atoms with E-state index in [9.17, 15) is 4.79 Å². The van der Waals surface area contributed by atoms with Crippen LogP contribution in [-0.4, -0.2) is 27.0 Å². The fraction of sp³-hybridized carbons (Fsp3) is 0.381. The van der Waals surface area contributed by atoms with E-state index in [1.807, 2.05) is 12.1 Å². The van der Waals surface area contributed by atoms with Crippen molar-refractivity contribution in [2.45, 2.75) is 44.8 Å². The smallest absolute Gasteiger partial charge is 0.308 e. The van der Waals surface area contributed by atoms with E-state index >= 15 is 0 Å². The Labute approximate surface area is 151 Å². The minimum absolute atomic E-state index is 0.0724. The standard InChI is InChI=1S/C21H26O3Si/c1-21(2,3)25(18-10-6-4-7-11-18,19-12-8-5-9-13-19)24-17-14-15-23-20(22)16-17/h4-13,17H,14-16H2,1-3H3/t17-/m1/s1. The lowest BCUT2D eigenvalue weighted by molar-refractivity contribution is -0.151. The molecule has 1 saturated heterocycles. The molecule has 0 aliphatic carbocycles. The first-order valence-corrected chi connectivity index (χ1v) is 10.8. The third-order valence-electron chi connectivity index (χ3n) is 4.86. The third kappa shape index (κ3) is 3.55. The van der Waals surface area contributed by atoms with Crippen molar-refractivity contribution in [2.24, 2.45) is 0 Å². The number of esters is 1. The molecule has 1 heterocycles. The molecule has 0 spiro atoms. The van der Waals surface area contributed by atoms with Crippen LogP contribution in [0.4, 0.5) is 0 Å². The number of rotatable bonds is 4. The van der Waals surface area contributed by atoms with Crippen LogP contribution >= 0.6 is 0 Å². The van der Waals surface area contributed by atoms with Crippen molar-refractivity contribution >= 4 is 24.7 Å². The molecule has 1 atom stereocenters. The summed E-state index contributed by atoms with van der Waals surface area (Å²) in [4.78, 5) is 11.8. The van der Waals surface area contributed by atoms with Crippen molar-refractivity contribution in [2.75, 3.05) is 6.61 Å². The molecule has 0 unspecified atom stereocenters. The van der Waals surface area contributed by atoms with Crippen LogP contribution < -0.4 is 10.4 Å². The summed E-state index contributed by atoms with van der Waals surface area (Å²) in [6.45, 7) is 7.20. The monoisotopic (exact) mass is 354 g/mol. The summed E-state index contributed by atoms with van der Waals surface area (Å²) in [6, 6.07) is 21.1. The third-order valence-corrected chi connectivity index (χ3v) is 9.95. The Morgan fingerprint density at radius 3 is 1.92 bits per heavy atom. The Bertz CT molecular complexity index is 667. The highest BCUT2D eigenvalue weighted by Crippen LogP contribution is 2.38. The van der Waals surface area contributed by atoms with Gasteiger partial charge >= 0.3 is 5.97 Å². The molecule has 0 radical (unpaired) electrons. The molecule has 3 nitrogen and oxygen atoms in total. The van der Waals surface area contributed by atoms with E-state index in [0.29, 0.717) is 13.0 Å².